The predicted molar refractivity (Wildman–Crippen MR) is 71.3 cm³/mol. The Hall–Kier alpha value is -2.60. The number of hydrogen-bond donors (Lipinski definition) is 0. The van der Waals surface area contributed by atoms with Crippen molar-refractivity contribution in [2.45, 2.75) is 6.54 Å². The summed E-state index contributed by atoms with van der Waals surface area (Å²) in [6, 6.07) is 17.2. The Bertz CT molecular complexity index is 840. The van der Waals surface area contributed by atoms with Crippen LogP contribution in [0.1, 0.15) is 0 Å². The molecule has 0 bridgehead atoms. The number of pyridine rings is 1. The normalized spacial score (nSPS) is 10.6. The number of benzene rings is 2. The summed E-state index contributed by atoms with van der Waals surface area (Å²) in [5.74, 6) is 0. The number of aromatic nitrogens is 1. The first-order valence-electron chi connectivity index (χ1n) is 5.70. The predicted octanol–water partition coefficient (Wildman–Crippen LogP) is 2.68. The van der Waals surface area contributed by atoms with Crippen LogP contribution in [-0.4, -0.2) is 4.57 Å². The zero-order valence-corrected chi connectivity index (χ0v) is 9.63. The van der Waals surface area contributed by atoms with Gasteiger partial charge in [-0.25, -0.2) is 0 Å². The molecule has 3 rings (SSSR count). The van der Waals surface area contributed by atoms with E-state index in [1.807, 2.05) is 48.5 Å². The molecule has 0 N–H and O–H groups in total. The molecular weight excluding hydrogens is 224 g/mol. The van der Waals surface area contributed by atoms with E-state index in [-0.39, 0.29) is 12.1 Å². The molecule has 3 aromatic rings. The Kier molecular flexibility index (Phi) is 2.35. The molecule has 0 atom stereocenters. The summed E-state index contributed by atoms with van der Waals surface area (Å²) >= 11 is 0. The molecule has 1 heterocycles. The van der Waals surface area contributed by atoms with E-state index in [1.165, 1.54) is 4.57 Å². The molecule has 86 valence electrons. The van der Waals surface area contributed by atoms with E-state index in [1.54, 1.807) is 6.07 Å². The minimum Gasteiger partial charge on any atom is -0.294 e. The summed E-state index contributed by atoms with van der Waals surface area (Å²) in [5, 5.41) is 11.5. The second-order valence-corrected chi connectivity index (χ2v) is 4.11. The van der Waals surface area contributed by atoms with Crippen LogP contribution < -0.4 is 5.56 Å². The Balaban J connectivity index is 2.63. The smallest absolute Gasteiger partial charge is 0.259 e. The van der Waals surface area contributed by atoms with Crippen LogP contribution in [0.4, 0.5) is 0 Å². The Morgan fingerprint density at radius 1 is 0.944 bits per heavy atom. The topological polar surface area (TPSA) is 45.8 Å². The maximum absolute atomic E-state index is 12.3. The van der Waals surface area contributed by atoms with Crippen LogP contribution in [0.2, 0.25) is 0 Å². The first-order chi connectivity index (χ1) is 8.83. The second kappa shape index (κ2) is 4.01. The molecular formula is C15H10N2O. The van der Waals surface area contributed by atoms with E-state index >= 15 is 0 Å². The average molecular weight is 234 g/mol. The second-order valence-electron chi connectivity index (χ2n) is 4.11. The Morgan fingerprint density at radius 2 is 1.56 bits per heavy atom. The molecule has 0 aliphatic rings. The molecule has 0 aliphatic heterocycles. The van der Waals surface area contributed by atoms with E-state index in [4.69, 9.17) is 5.26 Å². The highest BCUT2D eigenvalue weighted by Crippen LogP contribution is 2.22. The van der Waals surface area contributed by atoms with Gasteiger partial charge in [-0.3, -0.25) is 9.36 Å². The lowest BCUT2D eigenvalue weighted by molar-refractivity contribution is 0.836. The van der Waals surface area contributed by atoms with Gasteiger partial charge in [0.1, 0.15) is 6.54 Å². The third kappa shape index (κ3) is 1.40. The van der Waals surface area contributed by atoms with Gasteiger partial charge in [-0.2, -0.15) is 5.26 Å². The zero-order chi connectivity index (χ0) is 12.5. The number of rotatable bonds is 1. The lowest BCUT2D eigenvalue weighted by atomic mass is 10.1. The lowest BCUT2D eigenvalue weighted by Gasteiger charge is -2.09. The molecule has 3 nitrogen and oxygen atoms in total. The van der Waals surface area contributed by atoms with Crippen LogP contribution in [-0.2, 0) is 6.54 Å². The minimum absolute atomic E-state index is 0.0736. The number of fused-ring (bicyclic) bond motifs is 3. The molecule has 2 aromatic carbocycles. The highest BCUT2D eigenvalue weighted by Gasteiger charge is 2.08. The molecule has 18 heavy (non-hydrogen) atoms. The average Bonchev–Trinajstić information content (AvgIpc) is 2.43. The SMILES string of the molecule is N#CCn1c(=O)c2ccccc2c2ccccc21. The van der Waals surface area contributed by atoms with Gasteiger partial charge < -0.3 is 0 Å². The van der Waals surface area contributed by atoms with E-state index < -0.39 is 0 Å². The van der Waals surface area contributed by atoms with Gasteiger partial charge in [0.15, 0.2) is 0 Å². The quantitative estimate of drug-likeness (QED) is 0.608. The number of para-hydroxylation sites is 1. The first-order valence-corrected chi connectivity index (χ1v) is 5.70. The van der Waals surface area contributed by atoms with Crippen LogP contribution >= 0.6 is 0 Å². The van der Waals surface area contributed by atoms with Crippen molar-refractivity contribution < 1.29 is 0 Å². The van der Waals surface area contributed by atoms with Crippen LogP contribution in [0.5, 0.6) is 0 Å². The van der Waals surface area contributed by atoms with E-state index in [2.05, 4.69) is 0 Å². The fourth-order valence-electron chi connectivity index (χ4n) is 2.32. The van der Waals surface area contributed by atoms with Crippen LogP contribution in [0, 0.1) is 11.3 Å². The number of nitriles is 1. The summed E-state index contributed by atoms with van der Waals surface area (Å²) in [6.07, 6.45) is 0. The van der Waals surface area contributed by atoms with Crippen LogP contribution in [0.15, 0.2) is 53.3 Å². The lowest BCUT2D eigenvalue weighted by Crippen LogP contribution is -2.20. The standard InChI is InChI=1S/C15H10N2O/c16-9-10-17-14-8-4-3-6-12(14)11-5-1-2-7-13(11)15(17)18/h1-8H,10H2. The van der Waals surface area contributed by atoms with Crippen molar-refractivity contribution in [3.63, 3.8) is 0 Å². The van der Waals surface area contributed by atoms with E-state index in [0.29, 0.717) is 5.39 Å². The van der Waals surface area contributed by atoms with E-state index in [9.17, 15) is 4.79 Å². The monoisotopic (exact) mass is 234 g/mol. The van der Waals surface area contributed by atoms with Crippen molar-refractivity contribution >= 4 is 21.7 Å². The number of nitrogens with zero attached hydrogens (tertiary/aromatic N) is 2. The molecule has 0 unspecified atom stereocenters. The summed E-state index contributed by atoms with van der Waals surface area (Å²) in [6.45, 7) is 0.0736. The van der Waals surface area contributed by atoms with Crippen LogP contribution in [0.3, 0.4) is 0 Å². The highest BCUT2D eigenvalue weighted by molar-refractivity contribution is 6.05. The van der Waals surface area contributed by atoms with Crippen LogP contribution in [0.25, 0.3) is 21.7 Å². The van der Waals surface area contributed by atoms with E-state index in [0.717, 1.165) is 16.3 Å². The third-order valence-corrected chi connectivity index (χ3v) is 3.12. The fourth-order valence-corrected chi connectivity index (χ4v) is 2.32. The van der Waals surface area contributed by atoms with Gasteiger partial charge in [-0.15, -0.1) is 0 Å². The molecule has 3 heteroatoms. The summed E-state index contributed by atoms with van der Waals surface area (Å²) in [7, 11) is 0. The first kappa shape index (κ1) is 10.5. The summed E-state index contributed by atoms with van der Waals surface area (Å²) in [5.41, 5.74) is 0.702. The van der Waals surface area contributed by atoms with Crippen molar-refractivity contribution in [3.05, 3.63) is 58.9 Å². The van der Waals surface area contributed by atoms with Gasteiger partial charge in [-0.1, -0.05) is 36.4 Å². The third-order valence-electron chi connectivity index (χ3n) is 3.12. The molecule has 0 fully saturated rings. The number of hydrogen-bond acceptors (Lipinski definition) is 2. The summed E-state index contributed by atoms with van der Waals surface area (Å²) in [4.78, 5) is 12.3. The van der Waals surface area contributed by atoms with Gasteiger partial charge >= 0.3 is 0 Å². The molecule has 0 amide bonds. The maximum Gasteiger partial charge on any atom is 0.259 e. The van der Waals surface area contributed by atoms with Gasteiger partial charge in [-0.05, 0) is 17.5 Å². The molecule has 0 radical (unpaired) electrons. The maximum atomic E-state index is 12.3. The van der Waals surface area contributed by atoms with Crippen molar-refractivity contribution in [2.75, 3.05) is 0 Å². The fraction of sp³-hybridized carbons (Fsp3) is 0.0667. The molecule has 0 aliphatic carbocycles. The van der Waals surface area contributed by atoms with Gasteiger partial charge in [0, 0.05) is 10.8 Å². The Morgan fingerprint density at radius 3 is 2.28 bits per heavy atom. The van der Waals surface area contributed by atoms with Crippen molar-refractivity contribution in [3.8, 4) is 6.07 Å². The van der Waals surface area contributed by atoms with Gasteiger partial charge in [0.2, 0.25) is 0 Å². The molecule has 0 spiro atoms. The molecule has 0 saturated carbocycles. The molecule has 0 saturated heterocycles. The minimum atomic E-state index is -0.106. The Labute approximate surface area is 104 Å². The van der Waals surface area contributed by atoms with Gasteiger partial charge in [0.25, 0.3) is 5.56 Å². The zero-order valence-electron chi connectivity index (χ0n) is 9.63. The van der Waals surface area contributed by atoms with Crippen molar-refractivity contribution in [1.29, 1.82) is 5.26 Å². The molecule has 1 aromatic heterocycles. The van der Waals surface area contributed by atoms with Crippen molar-refractivity contribution in [2.24, 2.45) is 0 Å². The summed E-state index contributed by atoms with van der Waals surface area (Å²) < 4.78 is 1.53. The highest BCUT2D eigenvalue weighted by atomic mass is 16.1. The van der Waals surface area contributed by atoms with Crippen molar-refractivity contribution in [1.82, 2.24) is 4.57 Å². The van der Waals surface area contributed by atoms with Gasteiger partial charge in [0.05, 0.1) is 11.6 Å². The largest absolute Gasteiger partial charge is 0.294 e.